The van der Waals surface area contributed by atoms with Crippen molar-refractivity contribution in [3.8, 4) is 0 Å². The van der Waals surface area contributed by atoms with Crippen molar-refractivity contribution in [1.82, 2.24) is 4.90 Å². The van der Waals surface area contributed by atoms with Gasteiger partial charge in [0.25, 0.3) is 0 Å². The zero-order chi connectivity index (χ0) is 14.4. The predicted molar refractivity (Wildman–Crippen MR) is 88.2 cm³/mol. The van der Waals surface area contributed by atoms with E-state index in [1.807, 2.05) is 12.1 Å². The minimum absolute atomic E-state index is 0.314. The van der Waals surface area contributed by atoms with Crippen molar-refractivity contribution >= 4 is 34.5 Å². The van der Waals surface area contributed by atoms with Crippen LogP contribution in [-0.4, -0.2) is 35.6 Å². The van der Waals surface area contributed by atoms with E-state index in [1.165, 1.54) is 0 Å². The zero-order valence-corrected chi connectivity index (χ0v) is 13.3. The number of hydrogen-bond acceptors (Lipinski definition) is 3. The second-order valence-corrected chi connectivity index (χ2v) is 5.46. The van der Waals surface area contributed by atoms with Gasteiger partial charge < -0.3 is 16.0 Å². The first-order valence-corrected chi connectivity index (χ1v) is 7.34. The second kappa shape index (κ2) is 7.68. The molecule has 3 N–H and O–H groups in total. The molecule has 1 aromatic rings. The largest absolute Gasteiger partial charge is 0.389 e. The molecule has 3 nitrogen and oxygen atoms in total. The molecule has 19 heavy (non-hydrogen) atoms. The molecule has 0 spiro atoms. The fourth-order valence-electron chi connectivity index (χ4n) is 2.03. The lowest BCUT2D eigenvalue weighted by Gasteiger charge is -2.25. The monoisotopic (exact) mass is 299 g/mol. The van der Waals surface area contributed by atoms with Gasteiger partial charge in [0.2, 0.25) is 0 Å². The SMILES string of the molecule is CCN(CC)CC(C)Nc1ccc(Cl)cc1C(N)=S. The number of benzene rings is 1. The molecule has 0 saturated heterocycles. The van der Waals surface area contributed by atoms with E-state index in [4.69, 9.17) is 29.6 Å². The van der Waals surface area contributed by atoms with Crippen molar-refractivity contribution in [1.29, 1.82) is 0 Å². The quantitative estimate of drug-likeness (QED) is 0.759. The highest BCUT2D eigenvalue weighted by molar-refractivity contribution is 7.80. The van der Waals surface area contributed by atoms with Gasteiger partial charge in [-0.15, -0.1) is 0 Å². The minimum atomic E-state index is 0.314. The summed E-state index contributed by atoms with van der Waals surface area (Å²) in [6.45, 7) is 9.55. The first kappa shape index (κ1) is 16.2. The molecular weight excluding hydrogens is 278 g/mol. The molecule has 1 unspecified atom stereocenters. The number of nitrogens with zero attached hydrogens (tertiary/aromatic N) is 1. The van der Waals surface area contributed by atoms with Crippen molar-refractivity contribution in [3.05, 3.63) is 28.8 Å². The van der Waals surface area contributed by atoms with Crippen LogP contribution in [0.1, 0.15) is 26.3 Å². The van der Waals surface area contributed by atoms with Crippen LogP contribution in [0.5, 0.6) is 0 Å². The smallest absolute Gasteiger partial charge is 0.106 e. The van der Waals surface area contributed by atoms with Gasteiger partial charge in [-0.2, -0.15) is 0 Å². The second-order valence-electron chi connectivity index (χ2n) is 4.59. The Hall–Kier alpha value is -0.840. The molecular formula is C14H22ClN3S. The van der Waals surface area contributed by atoms with Gasteiger partial charge >= 0.3 is 0 Å². The van der Waals surface area contributed by atoms with Crippen LogP contribution in [0.15, 0.2) is 18.2 Å². The van der Waals surface area contributed by atoms with E-state index < -0.39 is 0 Å². The number of anilines is 1. The summed E-state index contributed by atoms with van der Waals surface area (Å²) in [7, 11) is 0. The minimum Gasteiger partial charge on any atom is -0.389 e. The number of nitrogens with two attached hydrogens (primary N) is 1. The molecule has 0 amide bonds. The van der Waals surface area contributed by atoms with Gasteiger partial charge in [0, 0.05) is 28.9 Å². The topological polar surface area (TPSA) is 41.3 Å². The molecule has 1 aromatic carbocycles. The van der Waals surface area contributed by atoms with Crippen LogP contribution in [0, 0.1) is 0 Å². The van der Waals surface area contributed by atoms with Gasteiger partial charge in [0.1, 0.15) is 4.99 Å². The summed E-state index contributed by atoms with van der Waals surface area (Å²) >= 11 is 11.0. The molecule has 0 heterocycles. The van der Waals surface area contributed by atoms with E-state index in [0.29, 0.717) is 16.1 Å². The fraction of sp³-hybridized carbons (Fsp3) is 0.500. The van der Waals surface area contributed by atoms with E-state index in [9.17, 15) is 0 Å². The summed E-state index contributed by atoms with van der Waals surface area (Å²) in [5.74, 6) is 0. The van der Waals surface area contributed by atoms with Crippen LogP contribution in [0.25, 0.3) is 0 Å². The number of thiocarbonyl (C=S) groups is 1. The Morgan fingerprint density at radius 3 is 2.58 bits per heavy atom. The molecule has 106 valence electrons. The van der Waals surface area contributed by atoms with E-state index in [0.717, 1.165) is 30.9 Å². The maximum atomic E-state index is 5.98. The van der Waals surface area contributed by atoms with Crippen LogP contribution in [0.4, 0.5) is 5.69 Å². The summed E-state index contributed by atoms with van der Waals surface area (Å²) < 4.78 is 0. The van der Waals surface area contributed by atoms with Crippen LogP contribution in [0.2, 0.25) is 5.02 Å². The fourth-order valence-corrected chi connectivity index (χ4v) is 2.37. The Morgan fingerprint density at radius 1 is 1.42 bits per heavy atom. The van der Waals surface area contributed by atoms with E-state index >= 15 is 0 Å². The molecule has 0 aliphatic carbocycles. The molecule has 0 radical (unpaired) electrons. The molecule has 0 aromatic heterocycles. The molecule has 0 aliphatic rings. The Balaban J connectivity index is 2.78. The normalized spacial score (nSPS) is 12.5. The summed E-state index contributed by atoms with van der Waals surface area (Å²) in [6, 6.07) is 5.89. The standard InChI is InChI=1S/C14H22ClN3S/c1-4-18(5-2)9-10(3)17-13-7-6-11(15)8-12(13)14(16)19/h6-8,10,17H,4-5,9H2,1-3H3,(H2,16,19). The van der Waals surface area contributed by atoms with Gasteiger partial charge in [-0.25, -0.2) is 0 Å². The zero-order valence-electron chi connectivity index (χ0n) is 11.7. The van der Waals surface area contributed by atoms with Gasteiger partial charge in [-0.05, 0) is 38.2 Å². The van der Waals surface area contributed by atoms with Crippen LogP contribution in [-0.2, 0) is 0 Å². The van der Waals surface area contributed by atoms with Crippen LogP contribution in [0.3, 0.4) is 0 Å². The Kier molecular flexibility index (Phi) is 6.55. The van der Waals surface area contributed by atoms with Gasteiger partial charge in [-0.3, -0.25) is 0 Å². The summed E-state index contributed by atoms with van der Waals surface area (Å²) in [5.41, 5.74) is 7.48. The summed E-state index contributed by atoms with van der Waals surface area (Å²) in [5, 5.41) is 4.09. The summed E-state index contributed by atoms with van der Waals surface area (Å²) in [6.07, 6.45) is 0. The maximum Gasteiger partial charge on any atom is 0.106 e. The molecule has 0 fully saturated rings. The van der Waals surface area contributed by atoms with Crippen molar-refractivity contribution in [3.63, 3.8) is 0 Å². The van der Waals surface area contributed by atoms with Gasteiger partial charge in [-0.1, -0.05) is 37.7 Å². The number of likely N-dealkylation sites (N-methyl/N-ethyl adjacent to an activating group) is 1. The maximum absolute atomic E-state index is 5.98. The molecule has 1 atom stereocenters. The number of nitrogens with one attached hydrogen (secondary N) is 1. The number of halogens is 1. The van der Waals surface area contributed by atoms with Crippen molar-refractivity contribution in [2.75, 3.05) is 25.0 Å². The Morgan fingerprint density at radius 2 is 2.05 bits per heavy atom. The highest BCUT2D eigenvalue weighted by Crippen LogP contribution is 2.21. The predicted octanol–water partition coefficient (Wildman–Crippen LogP) is 3.12. The highest BCUT2D eigenvalue weighted by atomic mass is 35.5. The third-order valence-corrected chi connectivity index (χ3v) is 3.53. The molecule has 1 rings (SSSR count). The first-order valence-electron chi connectivity index (χ1n) is 6.56. The summed E-state index contributed by atoms with van der Waals surface area (Å²) in [4.78, 5) is 2.73. The third-order valence-electron chi connectivity index (χ3n) is 3.08. The van der Waals surface area contributed by atoms with Crippen LogP contribution < -0.4 is 11.1 Å². The average molecular weight is 300 g/mol. The molecule has 5 heteroatoms. The van der Waals surface area contributed by atoms with Crippen LogP contribution >= 0.6 is 23.8 Å². The van der Waals surface area contributed by atoms with E-state index in [2.05, 4.69) is 31.0 Å². The lowest BCUT2D eigenvalue weighted by molar-refractivity contribution is 0.295. The van der Waals surface area contributed by atoms with E-state index in [1.54, 1.807) is 6.07 Å². The van der Waals surface area contributed by atoms with E-state index in [-0.39, 0.29) is 0 Å². The third kappa shape index (κ3) is 4.97. The Labute approximate surface area is 126 Å². The first-order chi connectivity index (χ1) is 8.97. The van der Waals surface area contributed by atoms with Crippen molar-refractivity contribution in [2.45, 2.75) is 26.8 Å². The molecule has 0 saturated carbocycles. The number of rotatable bonds is 7. The lowest BCUT2D eigenvalue weighted by Crippen LogP contribution is -2.35. The van der Waals surface area contributed by atoms with Gasteiger partial charge in [0.05, 0.1) is 0 Å². The van der Waals surface area contributed by atoms with Crippen molar-refractivity contribution < 1.29 is 0 Å². The lowest BCUT2D eigenvalue weighted by atomic mass is 10.1. The molecule has 0 aliphatic heterocycles. The van der Waals surface area contributed by atoms with Crippen molar-refractivity contribution in [2.24, 2.45) is 5.73 Å². The highest BCUT2D eigenvalue weighted by Gasteiger charge is 2.11. The van der Waals surface area contributed by atoms with Gasteiger partial charge in [0.15, 0.2) is 0 Å². The Bertz CT molecular complexity index is 433. The molecule has 0 bridgehead atoms. The number of hydrogen-bond donors (Lipinski definition) is 2. The average Bonchev–Trinajstić information content (AvgIpc) is 2.37.